The average Bonchev–Trinajstić information content (AvgIpc) is 3.49. The van der Waals surface area contributed by atoms with Gasteiger partial charge in [-0.2, -0.15) is 0 Å². The van der Waals surface area contributed by atoms with E-state index in [0.29, 0.717) is 0 Å². The maximum atomic E-state index is 10.3. The van der Waals surface area contributed by atoms with Crippen molar-refractivity contribution in [1.29, 1.82) is 0 Å². The van der Waals surface area contributed by atoms with Crippen molar-refractivity contribution in [2.75, 3.05) is 0 Å². The van der Waals surface area contributed by atoms with Gasteiger partial charge in [0.15, 0.2) is 0 Å². The second kappa shape index (κ2) is 13.1. The molecule has 8 nitrogen and oxygen atoms in total. The van der Waals surface area contributed by atoms with Crippen LogP contribution in [0.1, 0.15) is 78.1 Å². The van der Waals surface area contributed by atoms with Crippen molar-refractivity contribution >= 4 is 11.9 Å². The van der Waals surface area contributed by atoms with Crippen LogP contribution in [0.25, 0.3) is 0 Å². The predicted molar refractivity (Wildman–Crippen MR) is 102 cm³/mol. The smallest absolute Gasteiger partial charge is 0.306 e. The number of unbranched alkanes of at least 4 members (excludes halogenated alkanes) is 4. The van der Waals surface area contributed by atoms with E-state index < -0.39 is 24.1 Å². The Hall–Kier alpha value is -1.22. The van der Waals surface area contributed by atoms with E-state index in [9.17, 15) is 19.8 Å². The molecule has 164 valence electrons. The average molecular weight is 405 g/mol. The number of carboxylic acids is 2. The molecule has 0 aromatic heterocycles. The molecular formula is C20H36O8. The Morgan fingerprint density at radius 2 is 1.11 bits per heavy atom. The first-order chi connectivity index (χ1) is 13.3. The largest absolute Gasteiger partial charge is 0.481 e. The molecule has 0 bridgehead atoms. The van der Waals surface area contributed by atoms with Gasteiger partial charge >= 0.3 is 11.9 Å². The van der Waals surface area contributed by atoms with E-state index in [0.717, 1.165) is 38.5 Å². The summed E-state index contributed by atoms with van der Waals surface area (Å²) in [5.41, 5.74) is 0. The number of hydrogen-bond acceptors (Lipinski definition) is 6. The molecule has 0 amide bonds. The fraction of sp³-hybridized carbons (Fsp3) is 0.900. The molecular weight excluding hydrogens is 368 g/mol. The first-order valence-electron chi connectivity index (χ1n) is 10.4. The molecule has 6 atom stereocenters. The number of carboxylic acid groups (broad SMARTS) is 2. The molecule has 0 aromatic carbocycles. The van der Waals surface area contributed by atoms with Crippen molar-refractivity contribution in [1.82, 2.24) is 0 Å². The number of aliphatic hydroxyl groups excluding tert-OH is 2. The number of carbonyl (C=O) groups is 2. The topological polar surface area (TPSA) is 140 Å². The number of aliphatic hydroxyl groups is 2. The molecule has 0 aliphatic carbocycles. The first kappa shape index (κ1) is 24.8. The van der Waals surface area contributed by atoms with Crippen LogP contribution in [0.4, 0.5) is 0 Å². The molecule has 2 heterocycles. The van der Waals surface area contributed by atoms with E-state index >= 15 is 0 Å². The van der Waals surface area contributed by atoms with Crippen molar-refractivity contribution in [2.45, 2.75) is 115 Å². The van der Waals surface area contributed by atoms with Gasteiger partial charge in [0.2, 0.25) is 0 Å². The molecule has 2 fully saturated rings. The van der Waals surface area contributed by atoms with Crippen molar-refractivity contribution < 1.29 is 39.5 Å². The molecule has 0 radical (unpaired) electrons. The van der Waals surface area contributed by atoms with Gasteiger partial charge in [-0.15, -0.1) is 0 Å². The Kier molecular flexibility index (Phi) is 11.6. The lowest BCUT2D eigenvalue weighted by atomic mass is 10.1. The molecule has 0 spiro atoms. The third kappa shape index (κ3) is 10.4. The minimum Gasteiger partial charge on any atom is -0.481 e. The lowest BCUT2D eigenvalue weighted by molar-refractivity contribution is -0.140. The molecule has 6 unspecified atom stereocenters. The van der Waals surface area contributed by atoms with Crippen LogP contribution in [0.3, 0.4) is 0 Å². The summed E-state index contributed by atoms with van der Waals surface area (Å²) in [6, 6.07) is 0. The van der Waals surface area contributed by atoms with Gasteiger partial charge in [0.05, 0.1) is 37.3 Å². The zero-order valence-corrected chi connectivity index (χ0v) is 17.0. The summed E-state index contributed by atoms with van der Waals surface area (Å²) in [6.45, 7) is 4.26. The standard InChI is InChI=1S/2C10H18O4/c2*1-2-3-4-5-8-10(14-8)7(11)6-9(12)13/h2*7-8,10-11H,2-6H2,1H3,(H,12,13). The fourth-order valence-electron chi connectivity index (χ4n) is 3.24. The van der Waals surface area contributed by atoms with Crippen LogP contribution in [0.15, 0.2) is 0 Å². The molecule has 2 rings (SSSR count). The van der Waals surface area contributed by atoms with Crippen LogP contribution in [0, 0.1) is 0 Å². The Morgan fingerprint density at radius 1 is 0.750 bits per heavy atom. The third-order valence-electron chi connectivity index (χ3n) is 4.95. The number of rotatable bonds is 14. The van der Waals surface area contributed by atoms with Gasteiger partial charge in [-0.25, -0.2) is 0 Å². The molecule has 2 aliphatic heterocycles. The van der Waals surface area contributed by atoms with Gasteiger partial charge in [0.25, 0.3) is 0 Å². The van der Waals surface area contributed by atoms with E-state index in [1.165, 1.54) is 12.8 Å². The normalized spacial score (nSPS) is 27.3. The number of ether oxygens (including phenoxy) is 2. The van der Waals surface area contributed by atoms with Crippen LogP contribution in [0.2, 0.25) is 0 Å². The summed E-state index contributed by atoms with van der Waals surface area (Å²) in [6.07, 6.45) is 6.35. The molecule has 4 N–H and O–H groups in total. The maximum absolute atomic E-state index is 10.3. The third-order valence-corrected chi connectivity index (χ3v) is 4.95. The molecule has 28 heavy (non-hydrogen) atoms. The Bertz CT molecular complexity index is 427. The van der Waals surface area contributed by atoms with E-state index in [4.69, 9.17) is 19.7 Å². The number of hydrogen-bond donors (Lipinski definition) is 4. The highest BCUT2D eigenvalue weighted by Gasteiger charge is 2.44. The highest BCUT2D eigenvalue weighted by Crippen LogP contribution is 2.32. The van der Waals surface area contributed by atoms with E-state index in [1.54, 1.807) is 0 Å². The van der Waals surface area contributed by atoms with Crippen LogP contribution < -0.4 is 0 Å². The second-order valence-corrected chi connectivity index (χ2v) is 7.60. The summed E-state index contributed by atoms with van der Waals surface area (Å²) < 4.78 is 10.4. The summed E-state index contributed by atoms with van der Waals surface area (Å²) in [7, 11) is 0. The van der Waals surface area contributed by atoms with Crippen LogP contribution in [-0.2, 0) is 19.1 Å². The van der Waals surface area contributed by atoms with Crippen LogP contribution in [-0.4, -0.2) is 69.0 Å². The molecule has 8 heteroatoms. The Labute approximate surface area is 166 Å². The van der Waals surface area contributed by atoms with Crippen molar-refractivity contribution in [3.05, 3.63) is 0 Å². The zero-order valence-electron chi connectivity index (χ0n) is 17.0. The molecule has 2 saturated heterocycles. The van der Waals surface area contributed by atoms with Gasteiger partial charge in [-0.3, -0.25) is 9.59 Å². The van der Waals surface area contributed by atoms with Crippen molar-refractivity contribution in [2.24, 2.45) is 0 Å². The van der Waals surface area contributed by atoms with E-state index in [2.05, 4.69) is 13.8 Å². The highest BCUT2D eigenvalue weighted by molar-refractivity contribution is 5.67. The lowest BCUT2D eigenvalue weighted by Crippen LogP contribution is -2.20. The monoisotopic (exact) mass is 404 g/mol. The van der Waals surface area contributed by atoms with Gasteiger partial charge < -0.3 is 29.9 Å². The predicted octanol–water partition coefficient (Wildman–Crippen LogP) is 2.34. The second-order valence-electron chi connectivity index (χ2n) is 7.60. The van der Waals surface area contributed by atoms with E-state index in [-0.39, 0.29) is 37.3 Å². The van der Waals surface area contributed by atoms with Gasteiger partial charge in [-0.05, 0) is 12.8 Å². The number of epoxide rings is 2. The summed E-state index contributed by atoms with van der Waals surface area (Å²) >= 11 is 0. The van der Waals surface area contributed by atoms with Crippen molar-refractivity contribution in [3.8, 4) is 0 Å². The Balaban J connectivity index is 0.000000280. The quantitative estimate of drug-likeness (QED) is 0.255. The minimum atomic E-state index is -0.972. The first-order valence-corrected chi connectivity index (χ1v) is 10.4. The number of aliphatic carboxylic acids is 2. The summed E-state index contributed by atoms with van der Waals surface area (Å²) in [5.74, 6) is -1.94. The Morgan fingerprint density at radius 3 is 1.39 bits per heavy atom. The van der Waals surface area contributed by atoms with Crippen molar-refractivity contribution in [3.63, 3.8) is 0 Å². The summed E-state index contributed by atoms with van der Waals surface area (Å²) in [5, 5.41) is 35.7. The van der Waals surface area contributed by atoms with E-state index in [1.807, 2.05) is 0 Å². The van der Waals surface area contributed by atoms with Gasteiger partial charge in [0.1, 0.15) is 12.2 Å². The minimum absolute atomic E-state index is 0.0934. The zero-order chi connectivity index (χ0) is 21.1. The molecule has 0 aromatic rings. The highest BCUT2D eigenvalue weighted by atomic mass is 16.6. The SMILES string of the molecule is CCCCCC1OC1C(O)CC(=O)O.CCCCCC1OC1C(O)CC(=O)O. The van der Waals surface area contributed by atoms with Gasteiger partial charge in [-0.1, -0.05) is 52.4 Å². The van der Waals surface area contributed by atoms with Crippen LogP contribution >= 0.6 is 0 Å². The van der Waals surface area contributed by atoms with Crippen LogP contribution in [0.5, 0.6) is 0 Å². The maximum Gasteiger partial charge on any atom is 0.306 e. The molecule has 2 aliphatic rings. The molecule has 0 saturated carbocycles. The lowest BCUT2D eigenvalue weighted by Gasteiger charge is -2.02. The van der Waals surface area contributed by atoms with Gasteiger partial charge in [0, 0.05) is 0 Å². The summed E-state index contributed by atoms with van der Waals surface area (Å²) in [4.78, 5) is 20.6. The fourth-order valence-corrected chi connectivity index (χ4v) is 3.24.